The number of hydrogen-bond donors (Lipinski definition) is 0. The largest absolute Gasteiger partial charge is 0.294 e. The Bertz CT molecular complexity index is 1470. The maximum Gasteiger partial charge on any atom is 0.225 e. The first-order valence-corrected chi connectivity index (χ1v) is 11.2. The van der Waals surface area contributed by atoms with Gasteiger partial charge in [-0.15, -0.1) is 0 Å². The number of aldehydes is 1. The maximum absolute atomic E-state index is 12.5. The number of carbonyl (C=O) groups excluding carboxylic acids is 2. The fraction of sp³-hybridized carbons (Fsp3) is 0. The molecule has 5 rings (SSSR count). The first-order chi connectivity index (χ1) is 16.8. The highest BCUT2D eigenvalue weighted by Crippen LogP contribution is 2.43. The molecule has 0 spiro atoms. The molecule has 162 valence electrons. The number of Topliss-reactive ketones (excluding diaryl/α,β-unsaturated/α-hetero) is 1. The maximum atomic E-state index is 12.5. The molecule has 0 fully saturated rings. The molecular formula is C32H22O2. The Morgan fingerprint density at radius 2 is 0.912 bits per heavy atom. The number of carbonyl (C=O) groups is 2. The zero-order valence-electron chi connectivity index (χ0n) is 18.5. The van der Waals surface area contributed by atoms with Crippen molar-refractivity contribution in [1.29, 1.82) is 0 Å². The summed E-state index contributed by atoms with van der Waals surface area (Å²) in [5.74, 6) is -0.523. The average Bonchev–Trinajstić information content (AvgIpc) is 2.93. The zero-order valence-corrected chi connectivity index (χ0v) is 18.5. The minimum atomic E-state index is -0.523. The molecule has 5 aromatic carbocycles. The molecule has 0 aliphatic rings. The second-order valence-corrected chi connectivity index (χ2v) is 8.03. The van der Waals surface area contributed by atoms with Gasteiger partial charge in [-0.1, -0.05) is 127 Å². The molecule has 0 bridgehead atoms. The van der Waals surface area contributed by atoms with Crippen LogP contribution in [0.2, 0.25) is 0 Å². The predicted octanol–water partition coefficient (Wildman–Crippen LogP) is 7.74. The van der Waals surface area contributed by atoms with Gasteiger partial charge in [0, 0.05) is 5.56 Å². The van der Waals surface area contributed by atoms with E-state index in [2.05, 4.69) is 48.5 Å². The summed E-state index contributed by atoms with van der Waals surface area (Å²) < 4.78 is 0. The van der Waals surface area contributed by atoms with E-state index in [-0.39, 0.29) is 0 Å². The van der Waals surface area contributed by atoms with Gasteiger partial charge in [-0.3, -0.25) is 9.59 Å². The molecule has 34 heavy (non-hydrogen) atoms. The van der Waals surface area contributed by atoms with Crippen LogP contribution < -0.4 is 0 Å². The molecule has 0 unspecified atom stereocenters. The molecule has 2 heteroatoms. The third-order valence-electron chi connectivity index (χ3n) is 6.02. The number of hydrogen-bond acceptors (Lipinski definition) is 2. The van der Waals surface area contributed by atoms with Crippen LogP contribution in [0.15, 0.2) is 127 Å². The van der Waals surface area contributed by atoms with E-state index >= 15 is 0 Å². The van der Waals surface area contributed by atoms with Crippen molar-refractivity contribution in [2.75, 3.05) is 0 Å². The predicted molar refractivity (Wildman–Crippen MR) is 139 cm³/mol. The molecule has 5 aromatic rings. The van der Waals surface area contributed by atoms with Crippen LogP contribution in [0.4, 0.5) is 0 Å². The summed E-state index contributed by atoms with van der Waals surface area (Å²) in [5.41, 5.74) is 8.58. The van der Waals surface area contributed by atoms with E-state index in [0.717, 1.165) is 44.5 Å². The van der Waals surface area contributed by atoms with Crippen molar-refractivity contribution in [1.82, 2.24) is 0 Å². The summed E-state index contributed by atoms with van der Waals surface area (Å²) in [5, 5.41) is 0. The monoisotopic (exact) mass is 438 g/mol. The summed E-state index contributed by atoms with van der Waals surface area (Å²) >= 11 is 0. The van der Waals surface area contributed by atoms with Crippen molar-refractivity contribution in [2.45, 2.75) is 0 Å². The standard InChI is InChI=1S/C32H22O2/c33-22-31(34)28-19-10-9-18-27(28)30-21-11-20-29(32(30)24-14-5-2-6-15-24)26-17-8-7-16-25(26)23-12-3-1-4-13-23/h1-22H. The highest BCUT2D eigenvalue weighted by Gasteiger charge is 2.19. The highest BCUT2D eigenvalue weighted by molar-refractivity contribution is 6.35. The summed E-state index contributed by atoms with van der Waals surface area (Å²) in [6, 6.07) is 42.4. The van der Waals surface area contributed by atoms with Gasteiger partial charge >= 0.3 is 0 Å². The van der Waals surface area contributed by atoms with E-state index in [4.69, 9.17) is 0 Å². The van der Waals surface area contributed by atoms with Crippen LogP contribution in [0.25, 0.3) is 44.5 Å². The van der Waals surface area contributed by atoms with Crippen molar-refractivity contribution in [3.05, 3.63) is 133 Å². The fourth-order valence-corrected chi connectivity index (χ4v) is 4.50. The smallest absolute Gasteiger partial charge is 0.225 e. The van der Waals surface area contributed by atoms with Gasteiger partial charge < -0.3 is 0 Å². The molecule has 0 atom stereocenters. The Kier molecular flexibility index (Phi) is 5.96. The van der Waals surface area contributed by atoms with E-state index in [9.17, 15) is 9.59 Å². The molecule has 2 nitrogen and oxygen atoms in total. The second kappa shape index (κ2) is 9.51. The van der Waals surface area contributed by atoms with Crippen LogP contribution in [-0.2, 0) is 4.79 Å². The topological polar surface area (TPSA) is 34.1 Å². The molecule has 0 N–H and O–H groups in total. The van der Waals surface area contributed by atoms with Gasteiger partial charge in [-0.25, -0.2) is 0 Å². The molecule has 0 radical (unpaired) electrons. The summed E-state index contributed by atoms with van der Waals surface area (Å²) in [6.07, 6.45) is 0.385. The molecule has 0 amide bonds. The van der Waals surface area contributed by atoms with E-state index in [1.807, 2.05) is 66.7 Å². The molecule has 0 aliphatic heterocycles. The van der Waals surface area contributed by atoms with E-state index in [0.29, 0.717) is 11.8 Å². The Morgan fingerprint density at radius 3 is 1.56 bits per heavy atom. The third-order valence-corrected chi connectivity index (χ3v) is 6.02. The molecule has 0 aliphatic carbocycles. The van der Waals surface area contributed by atoms with E-state index in [1.165, 1.54) is 0 Å². The molecule has 0 aromatic heterocycles. The van der Waals surface area contributed by atoms with Gasteiger partial charge in [-0.05, 0) is 44.5 Å². The Labute approximate surface area is 199 Å². The van der Waals surface area contributed by atoms with Gasteiger partial charge in [0.1, 0.15) is 0 Å². The Hall–Kier alpha value is -4.56. The van der Waals surface area contributed by atoms with Crippen LogP contribution >= 0.6 is 0 Å². The summed E-state index contributed by atoms with van der Waals surface area (Å²) in [6.45, 7) is 0. The number of rotatable bonds is 6. The number of benzene rings is 5. The van der Waals surface area contributed by atoms with Crippen molar-refractivity contribution in [2.24, 2.45) is 0 Å². The first-order valence-electron chi connectivity index (χ1n) is 11.2. The third kappa shape index (κ3) is 3.98. The average molecular weight is 439 g/mol. The quantitative estimate of drug-likeness (QED) is 0.154. The van der Waals surface area contributed by atoms with E-state index < -0.39 is 5.78 Å². The van der Waals surface area contributed by atoms with Crippen molar-refractivity contribution >= 4 is 12.1 Å². The van der Waals surface area contributed by atoms with Crippen LogP contribution in [0.3, 0.4) is 0 Å². The van der Waals surface area contributed by atoms with Crippen LogP contribution in [0, 0.1) is 0 Å². The normalized spacial score (nSPS) is 10.6. The van der Waals surface area contributed by atoms with Gasteiger partial charge in [0.2, 0.25) is 5.78 Å². The zero-order chi connectivity index (χ0) is 23.3. The second-order valence-electron chi connectivity index (χ2n) is 8.03. The highest BCUT2D eigenvalue weighted by atomic mass is 16.2. The van der Waals surface area contributed by atoms with Crippen molar-refractivity contribution < 1.29 is 9.59 Å². The number of ketones is 1. The Morgan fingerprint density at radius 1 is 0.441 bits per heavy atom. The van der Waals surface area contributed by atoms with Crippen molar-refractivity contribution in [3.63, 3.8) is 0 Å². The lowest BCUT2D eigenvalue weighted by molar-refractivity contribution is -0.104. The van der Waals surface area contributed by atoms with Crippen LogP contribution in [-0.4, -0.2) is 12.1 Å². The molecular weight excluding hydrogens is 416 g/mol. The lowest BCUT2D eigenvalue weighted by Gasteiger charge is -2.19. The van der Waals surface area contributed by atoms with Crippen LogP contribution in [0.1, 0.15) is 10.4 Å². The lowest BCUT2D eigenvalue weighted by atomic mass is 9.84. The summed E-state index contributed by atoms with van der Waals surface area (Å²) in [4.78, 5) is 23.9. The summed E-state index contributed by atoms with van der Waals surface area (Å²) in [7, 11) is 0. The van der Waals surface area contributed by atoms with Crippen molar-refractivity contribution in [3.8, 4) is 44.5 Å². The molecule has 0 saturated heterocycles. The molecule has 0 saturated carbocycles. The van der Waals surface area contributed by atoms with E-state index in [1.54, 1.807) is 12.1 Å². The first kappa shape index (κ1) is 21.3. The van der Waals surface area contributed by atoms with Gasteiger partial charge in [0.15, 0.2) is 6.29 Å². The minimum Gasteiger partial charge on any atom is -0.294 e. The van der Waals surface area contributed by atoms with Crippen LogP contribution in [0.5, 0.6) is 0 Å². The van der Waals surface area contributed by atoms with Gasteiger partial charge in [-0.2, -0.15) is 0 Å². The van der Waals surface area contributed by atoms with Gasteiger partial charge in [0.05, 0.1) is 0 Å². The molecule has 0 heterocycles. The lowest BCUT2D eigenvalue weighted by Crippen LogP contribution is -2.03. The Balaban J connectivity index is 1.84. The SMILES string of the molecule is O=CC(=O)c1ccccc1-c1cccc(-c2ccccc2-c2ccccc2)c1-c1ccccc1. The fourth-order valence-electron chi connectivity index (χ4n) is 4.50. The minimum absolute atomic E-state index is 0.385. The van der Waals surface area contributed by atoms with Gasteiger partial charge in [0.25, 0.3) is 0 Å².